The van der Waals surface area contributed by atoms with Gasteiger partial charge >= 0.3 is 0 Å². The summed E-state index contributed by atoms with van der Waals surface area (Å²) in [5.41, 5.74) is 0. The molecule has 0 atom stereocenters. The fourth-order valence-electron chi connectivity index (χ4n) is 1.57. The maximum atomic E-state index is 3.77. The van der Waals surface area contributed by atoms with Crippen molar-refractivity contribution in [3.05, 3.63) is 12.7 Å². The molecular formula is C9H18N+. The fraction of sp³-hybridized carbons (Fsp3) is 0.778. The summed E-state index contributed by atoms with van der Waals surface area (Å²) in [7, 11) is 4.59. The average molecular weight is 140 g/mol. The molecule has 58 valence electrons. The molecule has 0 bridgehead atoms. The van der Waals surface area contributed by atoms with Crippen molar-refractivity contribution in [2.45, 2.75) is 25.3 Å². The third-order valence-corrected chi connectivity index (χ3v) is 2.66. The van der Waals surface area contributed by atoms with Crippen LogP contribution in [0, 0.1) is 0 Å². The van der Waals surface area contributed by atoms with Gasteiger partial charge in [-0.05, 0) is 25.3 Å². The Hall–Kier alpha value is -0.300. The van der Waals surface area contributed by atoms with E-state index in [9.17, 15) is 0 Å². The van der Waals surface area contributed by atoms with Gasteiger partial charge in [0.05, 0.1) is 26.7 Å². The highest BCUT2D eigenvalue weighted by Gasteiger charge is 2.32. The summed E-state index contributed by atoms with van der Waals surface area (Å²) in [6.45, 7) is 4.89. The summed E-state index contributed by atoms with van der Waals surface area (Å²) in [4.78, 5) is 0. The minimum Gasteiger partial charge on any atom is -0.323 e. The van der Waals surface area contributed by atoms with Crippen LogP contribution in [0.4, 0.5) is 0 Å². The van der Waals surface area contributed by atoms with Gasteiger partial charge in [-0.15, -0.1) is 0 Å². The van der Waals surface area contributed by atoms with Crippen molar-refractivity contribution in [1.29, 1.82) is 0 Å². The van der Waals surface area contributed by atoms with Gasteiger partial charge in [-0.2, -0.15) is 0 Å². The van der Waals surface area contributed by atoms with E-state index in [1.165, 1.54) is 19.3 Å². The minimum atomic E-state index is 0.915. The SMILES string of the molecule is C=CC[N+](C)(C)C1CCC1. The van der Waals surface area contributed by atoms with Crippen molar-refractivity contribution < 1.29 is 4.48 Å². The van der Waals surface area contributed by atoms with Gasteiger partial charge in [0.1, 0.15) is 0 Å². The number of nitrogens with zero attached hydrogens (tertiary/aromatic N) is 1. The van der Waals surface area contributed by atoms with Gasteiger partial charge < -0.3 is 4.48 Å². The molecule has 0 aliphatic heterocycles. The first kappa shape index (κ1) is 7.80. The molecule has 0 radical (unpaired) electrons. The van der Waals surface area contributed by atoms with Crippen molar-refractivity contribution >= 4 is 0 Å². The first-order valence-corrected chi connectivity index (χ1v) is 4.10. The number of likely N-dealkylation sites (N-methyl/N-ethyl adjacent to an activating group) is 1. The molecule has 0 aromatic carbocycles. The summed E-state index contributed by atoms with van der Waals surface area (Å²) in [5, 5.41) is 0. The molecule has 0 saturated heterocycles. The predicted octanol–water partition coefficient (Wildman–Crippen LogP) is 1.80. The molecule has 10 heavy (non-hydrogen) atoms. The normalized spacial score (nSPS) is 20.2. The standard InChI is InChI=1S/C9H18N/c1-4-8-10(2,3)9-6-5-7-9/h4,9H,1,5-8H2,2-3H3/q+1. The molecule has 0 aromatic heterocycles. The number of hydrogen-bond donors (Lipinski definition) is 0. The lowest BCUT2D eigenvalue weighted by Gasteiger charge is -2.42. The van der Waals surface area contributed by atoms with Gasteiger partial charge in [-0.25, -0.2) is 0 Å². The van der Waals surface area contributed by atoms with E-state index < -0.39 is 0 Å². The molecule has 0 heterocycles. The zero-order valence-corrected chi connectivity index (χ0v) is 7.14. The molecule has 0 unspecified atom stereocenters. The van der Waals surface area contributed by atoms with E-state index in [-0.39, 0.29) is 0 Å². The second kappa shape index (κ2) is 2.75. The maximum Gasteiger partial charge on any atom is 0.0969 e. The van der Waals surface area contributed by atoms with E-state index in [1.807, 2.05) is 6.08 Å². The molecule has 1 saturated carbocycles. The summed E-state index contributed by atoms with van der Waals surface area (Å²) >= 11 is 0. The summed E-state index contributed by atoms with van der Waals surface area (Å²) in [5.74, 6) is 0. The van der Waals surface area contributed by atoms with Crippen LogP contribution in [-0.4, -0.2) is 31.2 Å². The monoisotopic (exact) mass is 140 g/mol. The van der Waals surface area contributed by atoms with Gasteiger partial charge in [0.25, 0.3) is 0 Å². The molecular weight excluding hydrogens is 122 g/mol. The molecule has 0 amide bonds. The van der Waals surface area contributed by atoms with Crippen LogP contribution in [0.1, 0.15) is 19.3 Å². The highest BCUT2D eigenvalue weighted by Crippen LogP contribution is 2.27. The molecule has 0 N–H and O–H groups in total. The Bertz CT molecular complexity index is 123. The van der Waals surface area contributed by atoms with Crippen LogP contribution < -0.4 is 0 Å². The maximum absolute atomic E-state index is 3.77. The van der Waals surface area contributed by atoms with E-state index in [2.05, 4.69) is 20.7 Å². The third kappa shape index (κ3) is 1.40. The Balaban J connectivity index is 2.39. The van der Waals surface area contributed by atoms with Crippen molar-refractivity contribution in [2.75, 3.05) is 20.6 Å². The van der Waals surface area contributed by atoms with Gasteiger partial charge in [-0.1, -0.05) is 6.58 Å². The highest BCUT2D eigenvalue weighted by atomic mass is 15.3. The van der Waals surface area contributed by atoms with Crippen molar-refractivity contribution in [2.24, 2.45) is 0 Å². The minimum absolute atomic E-state index is 0.915. The van der Waals surface area contributed by atoms with Crippen LogP contribution in [0.2, 0.25) is 0 Å². The quantitative estimate of drug-likeness (QED) is 0.414. The Morgan fingerprint density at radius 3 is 2.40 bits per heavy atom. The lowest BCUT2D eigenvalue weighted by Crippen LogP contribution is -2.52. The zero-order chi connectivity index (χ0) is 7.61. The van der Waals surface area contributed by atoms with Crippen LogP contribution in [-0.2, 0) is 0 Å². The average Bonchev–Trinajstić information content (AvgIpc) is 1.56. The van der Waals surface area contributed by atoms with Crippen LogP contribution in [0.5, 0.6) is 0 Å². The lowest BCUT2D eigenvalue weighted by atomic mass is 9.90. The first-order chi connectivity index (χ1) is 4.67. The van der Waals surface area contributed by atoms with Crippen LogP contribution >= 0.6 is 0 Å². The van der Waals surface area contributed by atoms with Gasteiger partial charge in [-0.3, -0.25) is 0 Å². The fourth-order valence-corrected chi connectivity index (χ4v) is 1.57. The summed E-state index contributed by atoms with van der Waals surface area (Å²) < 4.78 is 1.14. The Morgan fingerprint density at radius 2 is 2.10 bits per heavy atom. The largest absolute Gasteiger partial charge is 0.323 e. The van der Waals surface area contributed by atoms with Gasteiger partial charge in [0.15, 0.2) is 0 Å². The molecule has 1 aliphatic carbocycles. The molecule has 1 fully saturated rings. The van der Waals surface area contributed by atoms with E-state index in [0.717, 1.165) is 17.1 Å². The van der Waals surface area contributed by atoms with E-state index in [0.29, 0.717) is 0 Å². The molecule has 1 nitrogen and oxygen atoms in total. The predicted molar refractivity (Wildman–Crippen MR) is 44.8 cm³/mol. The van der Waals surface area contributed by atoms with Crippen LogP contribution in [0.3, 0.4) is 0 Å². The van der Waals surface area contributed by atoms with E-state index >= 15 is 0 Å². The van der Waals surface area contributed by atoms with Crippen molar-refractivity contribution in [3.63, 3.8) is 0 Å². The summed E-state index contributed by atoms with van der Waals surface area (Å²) in [6, 6.07) is 0.915. The lowest BCUT2D eigenvalue weighted by molar-refractivity contribution is -0.915. The number of hydrogen-bond acceptors (Lipinski definition) is 0. The van der Waals surface area contributed by atoms with Gasteiger partial charge in [0, 0.05) is 0 Å². The topological polar surface area (TPSA) is 0 Å². The second-order valence-electron chi connectivity index (χ2n) is 3.83. The summed E-state index contributed by atoms with van der Waals surface area (Å²) in [6.07, 6.45) is 6.30. The smallest absolute Gasteiger partial charge is 0.0969 e. The molecule has 1 heteroatoms. The number of quaternary nitrogens is 1. The van der Waals surface area contributed by atoms with Crippen molar-refractivity contribution in [3.8, 4) is 0 Å². The molecule has 0 spiro atoms. The van der Waals surface area contributed by atoms with Gasteiger partial charge in [0.2, 0.25) is 0 Å². The Kier molecular flexibility index (Phi) is 2.14. The second-order valence-corrected chi connectivity index (χ2v) is 3.83. The molecule has 1 aliphatic rings. The van der Waals surface area contributed by atoms with E-state index in [4.69, 9.17) is 0 Å². The Labute approximate surface area is 63.9 Å². The zero-order valence-electron chi connectivity index (χ0n) is 7.14. The van der Waals surface area contributed by atoms with E-state index in [1.54, 1.807) is 0 Å². The highest BCUT2D eigenvalue weighted by molar-refractivity contribution is 4.73. The van der Waals surface area contributed by atoms with Crippen LogP contribution in [0.15, 0.2) is 12.7 Å². The number of rotatable bonds is 3. The van der Waals surface area contributed by atoms with Crippen LogP contribution in [0.25, 0.3) is 0 Å². The van der Waals surface area contributed by atoms with Crippen molar-refractivity contribution in [1.82, 2.24) is 0 Å². The Morgan fingerprint density at radius 1 is 1.50 bits per heavy atom. The third-order valence-electron chi connectivity index (χ3n) is 2.66. The molecule has 1 rings (SSSR count). The first-order valence-electron chi connectivity index (χ1n) is 4.10. The molecule has 0 aromatic rings.